The highest BCUT2D eigenvalue weighted by molar-refractivity contribution is 5.66. The molecule has 0 heterocycles. The van der Waals surface area contributed by atoms with E-state index < -0.39 is 12.1 Å². The molecule has 4 rings (SSSR count). The Bertz CT molecular complexity index is 637. The van der Waals surface area contributed by atoms with Gasteiger partial charge in [-0.05, 0) is 97.7 Å². The summed E-state index contributed by atoms with van der Waals surface area (Å²) in [4.78, 5) is 11.1. The molecule has 166 valence electrons. The number of aliphatic hydroxyl groups is 3. The number of aliphatic carboxylic acids is 1. The molecule has 4 aliphatic rings. The quantitative estimate of drug-likeness (QED) is 0.571. The Morgan fingerprint density at radius 1 is 1.03 bits per heavy atom. The van der Waals surface area contributed by atoms with E-state index in [1.807, 2.05) is 0 Å². The van der Waals surface area contributed by atoms with E-state index in [-0.39, 0.29) is 41.3 Å². The third-order valence-electron chi connectivity index (χ3n) is 10.3. The molecule has 0 aromatic heterocycles. The van der Waals surface area contributed by atoms with Crippen molar-refractivity contribution in [2.24, 2.45) is 46.3 Å². The predicted molar refractivity (Wildman–Crippen MR) is 110 cm³/mol. The van der Waals surface area contributed by atoms with E-state index in [2.05, 4.69) is 20.8 Å². The van der Waals surface area contributed by atoms with Gasteiger partial charge in [-0.1, -0.05) is 20.8 Å². The Morgan fingerprint density at radius 3 is 2.45 bits per heavy atom. The summed E-state index contributed by atoms with van der Waals surface area (Å²) in [5.74, 6) is 0.997. The minimum Gasteiger partial charge on any atom is -0.481 e. The van der Waals surface area contributed by atoms with Crippen LogP contribution in [0.25, 0.3) is 0 Å². The molecule has 11 atom stereocenters. The van der Waals surface area contributed by atoms with Gasteiger partial charge in [0, 0.05) is 6.42 Å². The zero-order valence-corrected chi connectivity index (χ0v) is 18.3. The molecule has 29 heavy (non-hydrogen) atoms. The van der Waals surface area contributed by atoms with Crippen molar-refractivity contribution in [1.29, 1.82) is 0 Å². The van der Waals surface area contributed by atoms with Crippen molar-refractivity contribution < 1.29 is 25.2 Å². The van der Waals surface area contributed by atoms with Crippen LogP contribution in [0, 0.1) is 46.3 Å². The Kier molecular flexibility index (Phi) is 5.57. The Hall–Kier alpha value is -0.650. The molecule has 0 spiro atoms. The maximum absolute atomic E-state index is 11.5. The first-order valence-electron chi connectivity index (χ1n) is 11.8. The van der Waals surface area contributed by atoms with Crippen LogP contribution >= 0.6 is 0 Å². The van der Waals surface area contributed by atoms with E-state index in [0.717, 1.165) is 44.9 Å². The van der Waals surface area contributed by atoms with Crippen LogP contribution in [0.2, 0.25) is 0 Å². The van der Waals surface area contributed by atoms with Gasteiger partial charge >= 0.3 is 5.97 Å². The Balaban J connectivity index is 1.61. The molecule has 0 aliphatic heterocycles. The molecule has 0 aromatic carbocycles. The monoisotopic (exact) mass is 408 g/mol. The van der Waals surface area contributed by atoms with Gasteiger partial charge in [0.25, 0.3) is 0 Å². The van der Waals surface area contributed by atoms with Crippen LogP contribution in [0.4, 0.5) is 0 Å². The summed E-state index contributed by atoms with van der Waals surface area (Å²) in [6.07, 6.45) is 6.00. The number of aliphatic hydroxyl groups excluding tert-OH is 3. The van der Waals surface area contributed by atoms with Crippen molar-refractivity contribution in [2.75, 3.05) is 0 Å². The van der Waals surface area contributed by atoms with Crippen molar-refractivity contribution in [3.63, 3.8) is 0 Å². The van der Waals surface area contributed by atoms with Crippen LogP contribution in [0.3, 0.4) is 0 Å². The lowest BCUT2D eigenvalue weighted by Crippen LogP contribution is -2.62. The summed E-state index contributed by atoms with van der Waals surface area (Å²) in [5.41, 5.74) is -0.143. The highest BCUT2D eigenvalue weighted by Gasteiger charge is 2.65. The first-order chi connectivity index (χ1) is 13.6. The summed E-state index contributed by atoms with van der Waals surface area (Å²) >= 11 is 0. The first-order valence-corrected chi connectivity index (χ1v) is 11.8. The zero-order chi connectivity index (χ0) is 21.1. The van der Waals surface area contributed by atoms with Gasteiger partial charge < -0.3 is 20.4 Å². The second-order valence-electron chi connectivity index (χ2n) is 11.4. The van der Waals surface area contributed by atoms with Gasteiger partial charge in [0.15, 0.2) is 0 Å². The molecule has 4 unspecified atom stereocenters. The van der Waals surface area contributed by atoms with Crippen LogP contribution in [0.1, 0.15) is 78.6 Å². The fraction of sp³-hybridized carbons (Fsp3) is 0.958. The number of fused-ring (bicyclic) bond motifs is 5. The lowest BCUT2D eigenvalue weighted by molar-refractivity contribution is -0.207. The molecule has 4 N–H and O–H groups in total. The first kappa shape index (κ1) is 21.6. The van der Waals surface area contributed by atoms with Crippen LogP contribution < -0.4 is 0 Å². The Labute approximate surface area is 174 Å². The molecule has 0 amide bonds. The fourth-order valence-corrected chi connectivity index (χ4v) is 8.68. The number of carboxylic acid groups (broad SMARTS) is 1. The average molecular weight is 409 g/mol. The molecule has 4 fully saturated rings. The molecule has 5 nitrogen and oxygen atoms in total. The van der Waals surface area contributed by atoms with Crippen molar-refractivity contribution in [3.8, 4) is 0 Å². The molecule has 0 aromatic rings. The lowest BCUT2D eigenvalue weighted by atomic mass is 9.43. The minimum atomic E-state index is -0.748. The van der Waals surface area contributed by atoms with E-state index >= 15 is 0 Å². The SMILES string of the molecule is C[C@H](CCC(=O)O)C1CCC2C3C(C[C@H](O)[C@@]21C)[C@@]1(C)CC[C@@H](O)C[C@H]1C[C@H]3O. The predicted octanol–water partition coefficient (Wildman–Crippen LogP) is 3.45. The second kappa shape index (κ2) is 7.49. The van der Waals surface area contributed by atoms with Crippen molar-refractivity contribution in [1.82, 2.24) is 0 Å². The van der Waals surface area contributed by atoms with Gasteiger partial charge in [0.2, 0.25) is 0 Å². The van der Waals surface area contributed by atoms with Gasteiger partial charge in [-0.2, -0.15) is 0 Å². The maximum atomic E-state index is 11.5. The van der Waals surface area contributed by atoms with E-state index in [1.165, 1.54) is 0 Å². The highest BCUT2D eigenvalue weighted by Crippen LogP contribution is 2.68. The van der Waals surface area contributed by atoms with Crippen molar-refractivity contribution >= 4 is 5.97 Å². The van der Waals surface area contributed by atoms with E-state index in [0.29, 0.717) is 30.1 Å². The third-order valence-corrected chi connectivity index (χ3v) is 10.3. The minimum absolute atomic E-state index is 0.0957. The van der Waals surface area contributed by atoms with Crippen LogP contribution in [0.15, 0.2) is 0 Å². The van der Waals surface area contributed by atoms with E-state index in [1.54, 1.807) is 0 Å². The number of hydrogen-bond acceptors (Lipinski definition) is 4. The number of carbonyl (C=O) groups is 1. The smallest absolute Gasteiger partial charge is 0.303 e. The summed E-state index contributed by atoms with van der Waals surface area (Å²) in [6.45, 7) is 6.72. The molecule has 5 heteroatoms. The van der Waals surface area contributed by atoms with Gasteiger partial charge in [0.05, 0.1) is 18.3 Å². The maximum Gasteiger partial charge on any atom is 0.303 e. The topological polar surface area (TPSA) is 98.0 Å². The van der Waals surface area contributed by atoms with E-state index in [9.17, 15) is 20.1 Å². The Morgan fingerprint density at radius 2 is 1.76 bits per heavy atom. The summed E-state index contributed by atoms with van der Waals surface area (Å²) in [6, 6.07) is 0. The molecule has 4 saturated carbocycles. The van der Waals surface area contributed by atoms with Gasteiger partial charge in [-0.3, -0.25) is 4.79 Å². The lowest BCUT2D eigenvalue weighted by Gasteiger charge is -2.63. The largest absolute Gasteiger partial charge is 0.481 e. The normalized spacial score (nSPS) is 52.9. The number of carboxylic acids is 1. The molecule has 0 radical (unpaired) electrons. The molecular weight excluding hydrogens is 368 g/mol. The van der Waals surface area contributed by atoms with Gasteiger partial charge in [0.1, 0.15) is 0 Å². The molecule has 0 saturated heterocycles. The number of rotatable bonds is 4. The third kappa shape index (κ3) is 3.27. The van der Waals surface area contributed by atoms with Crippen molar-refractivity contribution in [2.45, 2.75) is 96.9 Å². The average Bonchev–Trinajstić information content (AvgIpc) is 3.01. The molecule has 0 bridgehead atoms. The standard InChI is InChI=1S/C24H40O5/c1-13(4-7-21(28)29)16-5-6-17-22-18(12-20(27)24(16,17)3)23(2)9-8-15(25)10-14(23)11-19(22)26/h13-20,22,25-27H,4-12H2,1-3H3,(H,28,29)/t13-,14+,15-,16?,17?,18?,19-,20+,22?,23+,24-/m1/s1. The fourth-order valence-electron chi connectivity index (χ4n) is 8.68. The van der Waals surface area contributed by atoms with Crippen LogP contribution in [0.5, 0.6) is 0 Å². The zero-order valence-electron chi connectivity index (χ0n) is 18.3. The highest BCUT2D eigenvalue weighted by atomic mass is 16.4. The van der Waals surface area contributed by atoms with Crippen LogP contribution in [-0.2, 0) is 4.79 Å². The summed E-state index contributed by atoms with van der Waals surface area (Å²) in [7, 11) is 0. The van der Waals surface area contributed by atoms with Crippen LogP contribution in [-0.4, -0.2) is 44.7 Å². The summed E-state index contributed by atoms with van der Waals surface area (Å²) in [5, 5.41) is 42.0. The summed E-state index contributed by atoms with van der Waals surface area (Å²) < 4.78 is 0. The van der Waals surface area contributed by atoms with E-state index in [4.69, 9.17) is 5.11 Å². The molecular formula is C24H40O5. The van der Waals surface area contributed by atoms with Crippen molar-refractivity contribution in [3.05, 3.63) is 0 Å². The molecule has 4 aliphatic carbocycles. The van der Waals surface area contributed by atoms with Gasteiger partial charge in [-0.15, -0.1) is 0 Å². The van der Waals surface area contributed by atoms with Gasteiger partial charge in [-0.25, -0.2) is 0 Å². The second-order valence-corrected chi connectivity index (χ2v) is 11.4. The number of hydrogen-bond donors (Lipinski definition) is 4.